The maximum absolute atomic E-state index is 8.72. The third-order valence-electron chi connectivity index (χ3n) is 3.04. The molecule has 0 spiro atoms. The number of hydrogen-bond donors (Lipinski definition) is 2. The van der Waals surface area contributed by atoms with Crippen LogP contribution in [0, 0.1) is 0 Å². The third-order valence-corrected chi connectivity index (χ3v) is 3.70. The van der Waals surface area contributed by atoms with E-state index in [1.165, 1.54) is 5.56 Å². The quantitative estimate of drug-likeness (QED) is 0.391. The fraction of sp³-hybridized carbons (Fsp3) is 0.133. The number of hydrogen-bond acceptors (Lipinski definition) is 3. The number of anilines is 1. The maximum Gasteiger partial charge on any atom is 0.171 e. The zero-order chi connectivity index (χ0) is 14.5. The molecule has 0 radical (unpaired) electrons. The molecule has 2 rings (SSSR count). The van der Waals surface area contributed by atoms with Crippen LogP contribution in [0.3, 0.4) is 0 Å². The molecule has 20 heavy (non-hydrogen) atoms. The first kappa shape index (κ1) is 14.4. The molecule has 4 nitrogen and oxygen atoms in total. The Morgan fingerprint density at radius 1 is 1.25 bits per heavy atom. The van der Waals surface area contributed by atoms with Crippen LogP contribution in [0.1, 0.15) is 11.1 Å². The molecule has 0 saturated heterocycles. The Hall–Kier alpha value is -2.01. The molecular weight excluding hydrogens is 318 g/mol. The van der Waals surface area contributed by atoms with Crippen molar-refractivity contribution in [3.63, 3.8) is 0 Å². The summed E-state index contributed by atoms with van der Waals surface area (Å²) >= 11 is 3.44. The van der Waals surface area contributed by atoms with Crippen LogP contribution in [-0.4, -0.2) is 18.1 Å². The molecule has 0 saturated carbocycles. The summed E-state index contributed by atoms with van der Waals surface area (Å²) in [4.78, 5) is 2.14. The zero-order valence-corrected chi connectivity index (χ0v) is 12.7. The van der Waals surface area contributed by atoms with E-state index in [2.05, 4.69) is 38.1 Å². The van der Waals surface area contributed by atoms with Crippen molar-refractivity contribution >= 4 is 27.5 Å². The largest absolute Gasteiger partial charge is 0.409 e. The van der Waals surface area contributed by atoms with Gasteiger partial charge in [-0.2, -0.15) is 0 Å². The molecule has 0 aliphatic carbocycles. The van der Waals surface area contributed by atoms with Gasteiger partial charge in [0.25, 0.3) is 0 Å². The average Bonchev–Trinajstić information content (AvgIpc) is 2.47. The van der Waals surface area contributed by atoms with Crippen LogP contribution in [0.15, 0.2) is 58.2 Å². The van der Waals surface area contributed by atoms with E-state index in [9.17, 15) is 0 Å². The first-order valence-electron chi connectivity index (χ1n) is 6.14. The Kier molecular flexibility index (Phi) is 4.63. The fourth-order valence-electron chi connectivity index (χ4n) is 1.95. The number of nitrogens with two attached hydrogens (primary N) is 1. The molecule has 0 atom stereocenters. The second-order valence-electron chi connectivity index (χ2n) is 4.49. The molecular formula is C15H16BrN3O. The van der Waals surface area contributed by atoms with E-state index in [0.29, 0.717) is 5.56 Å². The van der Waals surface area contributed by atoms with Gasteiger partial charge in [-0.3, -0.25) is 0 Å². The van der Waals surface area contributed by atoms with Crippen LogP contribution in [-0.2, 0) is 6.54 Å². The minimum absolute atomic E-state index is 0.0918. The molecule has 0 heterocycles. The SMILES string of the molecule is CN(Cc1ccccc1)c1ccc(/C(N)=N/O)c(Br)c1. The molecule has 0 unspecified atom stereocenters. The summed E-state index contributed by atoms with van der Waals surface area (Å²) < 4.78 is 0.796. The standard InChI is InChI=1S/C15H16BrN3O/c1-19(10-11-5-3-2-4-6-11)12-7-8-13(14(16)9-12)15(17)18-20/h2-9,20H,10H2,1H3,(H2,17,18). The highest BCUT2D eigenvalue weighted by molar-refractivity contribution is 9.10. The lowest BCUT2D eigenvalue weighted by molar-refractivity contribution is 0.318. The Bertz CT molecular complexity index is 614. The van der Waals surface area contributed by atoms with Crippen LogP contribution in [0.4, 0.5) is 5.69 Å². The molecule has 0 bridgehead atoms. The van der Waals surface area contributed by atoms with Crippen molar-refractivity contribution in [2.24, 2.45) is 10.9 Å². The third kappa shape index (κ3) is 3.30. The molecule has 104 valence electrons. The van der Waals surface area contributed by atoms with Gasteiger partial charge >= 0.3 is 0 Å². The normalized spacial score (nSPS) is 11.4. The molecule has 5 heteroatoms. The van der Waals surface area contributed by atoms with Crippen LogP contribution in [0.25, 0.3) is 0 Å². The van der Waals surface area contributed by atoms with Gasteiger partial charge in [0.05, 0.1) is 0 Å². The predicted molar refractivity (Wildman–Crippen MR) is 85.2 cm³/mol. The van der Waals surface area contributed by atoms with Crippen molar-refractivity contribution in [3.8, 4) is 0 Å². The van der Waals surface area contributed by atoms with E-state index >= 15 is 0 Å². The van der Waals surface area contributed by atoms with Crippen LogP contribution in [0.5, 0.6) is 0 Å². The summed E-state index contributed by atoms with van der Waals surface area (Å²) in [6.07, 6.45) is 0. The minimum Gasteiger partial charge on any atom is -0.409 e. The molecule has 0 amide bonds. The highest BCUT2D eigenvalue weighted by Crippen LogP contribution is 2.24. The lowest BCUT2D eigenvalue weighted by Crippen LogP contribution is -2.18. The van der Waals surface area contributed by atoms with Crippen LogP contribution in [0.2, 0.25) is 0 Å². The molecule has 2 aromatic carbocycles. The number of halogens is 1. The van der Waals surface area contributed by atoms with E-state index in [4.69, 9.17) is 10.9 Å². The Morgan fingerprint density at radius 3 is 2.55 bits per heavy atom. The van der Waals surface area contributed by atoms with Gasteiger partial charge in [0.1, 0.15) is 0 Å². The summed E-state index contributed by atoms with van der Waals surface area (Å²) in [7, 11) is 2.03. The Labute approximate surface area is 126 Å². The van der Waals surface area contributed by atoms with Crippen molar-refractivity contribution < 1.29 is 5.21 Å². The predicted octanol–water partition coefficient (Wildman–Crippen LogP) is 3.18. The van der Waals surface area contributed by atoms with Crippen molar-refractivity contribution in [3.05, 3.63) is 64.1 Å². The van der Waals surface area contributed by atoms with Crippen molar-refractivity contribution in [1.82, 2.24) is 0 Å². The van der Waals surface area contributed by atoms with Crippen molar-refractivity contribution in [2.45, 2.75) is 6.54 Å². The highest BCUT2D eigenvalue weighted by Gasteiger charge is 2.08. The summed E-state index contributed by atoms with van der Waals surface area (Å²) in [6.45, 7) is 0.816. The van der Waals surface area contributed by atoms with Crippen LogP contribution >= 0.6 is 15.9 Å². The van der Waals surface area contributed by atoms with Crippen molar-refractivity contribution in [1.29, 1.82) is 0 Å². The van der Waals surface area contributed by atoms with E-state index in [1.807, 2.05) is 43.4 Å². The molecule has 3 N–H and O–H groups in total. The smallest absolute Gasteiger partial charge is 0.171 e. The zero-order valence-electron chi connectivity index (χ0n) is 11.1. The summed E-state index contributed by atoms with van der Waals surface area (Å²) in [5.74, 6) is 0.0918. The molecule has 0 aliphatic heterocycles. The van der Waals surface area contributed by atoms with E-state index in [-0.39, 0.29) is 5.84 Å². The van der Waals surface area contributed by atoms with E-state index < -0.39 is 0 Å². The average molecular weight is 334 g/mol. The van der Waals surface area contributed by atoms with Gasteiger partial charge in [0, 0.05) is 29.3 Å². The number of nitrogens with zero attached hydrogens (tertiary/aromatic N) is 2. The van der Waals surface area contributed by atoms with Gasteiger partial charge in [-0.1, -0.05) is 35.5 Å². The van der Waals surface area contributed by atoms with Gasteiger partial charge in [-0.15, -0.1) is 0 Å². The van der Waals surface area contributed by atoms with Gasteiger partial charge in [0.15, 0.2) is 5.84 Å². The highest BCUT2D eigenvalue weighted by atomic mass is 79.9. The molecule has 0 fully saturated rings. The monoisotopic (exact) mass is 333 g/mol. The first-order chi connectivity index (χ1) is 9.61. The fourth-order valence-corrected chi connectivity index (χ4v) is 2.52. The summed E-state index contributed by atoms with van der Waals surface area (Å²) in [5, 5.41) is 11.7. The van der Waals surface area contributed by atoms with Gasteiger partial charge in [0.2, 0.25) is 0 Å². The number of rotatable bonds is 4. The first-order valence-corrected chi connectivity index (χ1v) is 6.93. The Morgan fingerprint density at radius 2 is 1.95 bits per heavy atom. The second kappa shape index (κ2) is 6.43. The number of amidine groups is 1. The minimum atomic E-state index is 0.0918. The lowest BCUT2D eigenvalue weighted by Gasteiger charge is -2.20. The van der Waals surface area contributed by atoms with E-state index in [1.54, 1.807) is 0 Å². The molecule has 0 aliphatic rings. The topological polar surface area (TPSA) is 61.8 Å². The van der Waals surface area contributed by atoms with Crippen molar-refractivity contribution in [2.75, 3.05) is 11.9 Å². The van der Waals surface area contributed by atoms with E-state index in [0.717, 1.165) is 16.7 Å². The number of benzene rings is 2. The second-order valence-corrected chi connectivity index (χ2v) is 5.35. The Balaban J connectivity index is 2.19. The van der Waals surface area contributed by atoms with Crippen LogP contribution < -0.4 is 10.6 Å². The van der Waals surface area contributed by atoms with Gasteiger partial charge < -0.3 is 15.8 Å². The molecule has 2 aromatic rings. The molecule has 0 aromatic heterocycles. The van der Waals surface area contributed by atoms with Gasteiger partial charge in [-0.05, 0) is 39.7 Å². The number of oxime groups is 1. The lowest BCUT2D eigenvalue weighted by atomic mass is 10.1. The van der Waals surface area contributed by atoms with Gasteiger partial charge in [-0.25, -0.2) is 0 Å². The summed E-state index contributed by atoms with van der Waals surface area (Å²) in [6, 6.07) is 16.0. The maximum atomic E-state index is 8.72. The summed E-state index contributed by atoms with van der Waals surface area (Å²) in [5.41, 5.74) is 8.57.